The van der Waals surface area contributed by atoms with Gasteiger partial charge in [0.15, 0.2) is 0 Å². The molecular weight excluding hydrogens is 438 g/mol. The van der Waals surface area contributed by atoms with Gasteiger partial charge in [-0.25, -0.2) is 9.69 Å². The van der Waals surface area contributed by atoms with E-state index in [0.29, 0.717) is 22.5 Å². The second-order valence-corrected chi connectivity index (χ2v) is 7.57. The van der Waals surface area contributed by atoms with Gasteiger partial charge in [0.2, 0.25) is 11.8 Å². The molecule has 1 aliphatic rings. The Morgan fingerprint density at radius 2 is 1.59 bits per heavy atom. The quantitative estimate of drug-likeness (QED) is 0.432. The topological polar surface area (TPSA) is 136 Å². The van der Waals surface area contributed by atoms with Crippen LogP contribution in [0.25, 0.3) is 0 Å². The van der Waals surface area contributed by atoms with E-state index in [1.807, 2.05) is 0 Å². The van der Waals surface area contributed by atoms with Crippen LogP contribution in [0.5, 0.6) is 0 Å². The summed E-state index contributed by atoms with van der Waals surface area (Å²) in [4.78, 5) is 61.8. The fourth-order valence-corrected chi connectivity index (χ4v) is 3.55. The molecule has 3 aromatic carbocycles. The summed E-state index contributed by atoms with van der Waals surface area (Å²) in [6.07, 6.45) is 0. The number of carbonyl (C=O) groups is 5. The lowest BCUT2D eigenvalue weighted by Gasteiger charge is -2.14. The molecule has 0 aromatic heterocycles. The van der Waals surface area contributed by atoms with Crippen molar-refractivity contribution in [1.82, 2.24) is 0 Å². The van der Waals surface area contributed by atoms with Crippen LogP contribution >= 0.6 is 0 Å². The SMILES string of the molecule is CC(=O)Nc1ccc(N2C(=O)c3ccc(C(=O)OCc4cccc(C(N)=O)c4)cc3C2=O)cc1. The van der Waals surface area contributed by atoms with Crippen LogP contribution in [0.4, 0.5) is 11.4 Å². The maximum atomic E-state index is 13.0. The number of benzene rings is 3. The van der Waals surface area contributed by atoms with Gasteiger partial charge >= 0.3 is 5.97 Å². The highest BCUT2D eigenvalue weighted by Crippen LogP contribution is 2.30. The summed E-state index contributed by atoms with van der Waals surface area (Å²) in [7, 11) is 0. The number of ether oxygens (including phenoxy) is 1. The Morgan fingerprint density at radius 3 is 2.26 bits per heavy atom. The second kappa shape index (κ2) is 8.99. The molecule has 3 N–H and O–H groups in total. The van der Waals surface area contributed by atoms with Crippen LogP contribution in [0.15, 0.2) is 66.7 Å². The number of amides is 4. The minimum Gasteiger partial charge on any atom is -0.457 e. The van der Waals surface area contributed by atoms with Crippen LogP contribution in [0.2, 0.25) is 0 Å². The highest BCUT2D eigenvalue weighted by atomic mass is 16.5. The lowest BCUT2D eigenvalue weighted by molar-refractivity contribution is -0.114. The average molecular weight is 457 g/mol. The Morgan fingerprint density at radius 1 is 0.882 bits per heavy atom. The smallest absolute Gasteiger partial charge is 0.338 e. The van der Waals surface area contributed by atoms with E-state index >= 15 is 0 Å². The van der Waals surface area contributed by atoms with Crippen LogP contribution < -0.4 is 16.0 Å². The Labute approximate surface area is 194 Å². The molecule has 0 aliphatic carbocycles. The molecule has 0 saturated carbocycles. The first kappa shape index (κ1) is 22.4. The minimum absolute atomic E-state index is 0.0844. The number of nitrogens with zero attached hydrogens (tertiary/aromatic N) is 1. The minimum atomic E-state index is -0.689. The standard InChI is InChI=1S/C25H19N3O6/c1-14(29)27-18-6-8-19(9-7-18)28-23(31)20-10-5-17(12-21(20)24(28)32)25(33)34-13-15-3-2-4-16(11-15)22(26)30/h2-12H,13H2,1H3,(H2,26,30)(H,27,29). The first-order chi connectivity index (χ1) is 16.2. The van der Waals surface area contributed by atoms with Crippen molar-refractivity contribution < 1.29 is 28.7 Å². The first-order valence-corrected chi connectivity index (χ1v) is 10.2. The van der Waals surface area contributed by atoms with Crippen molar-refractivity contribution >= 4 is 41.0 Å². The number of hydrogen-bond acceptors (Lipinski definition) is 6. The summed E-state index contributed by atoms with van der Waals surface area (Å²) in [5.74, 6) is -2.62. The van der Waals surface area contributed by atoms with Gasteiger partial charge in [-0.05, 0) is 60.2 Å². The van der Waals surface area contributed by atoms with Crippen molar-refractivity contribution in [2.45, 2.75) is 13.5 Å². The van der Waals surface area contributed by atoms with E-state index in [1.165, 1.54) is 31.2 Å². The summed E-state index contributed by atoms with van der Waals surface area (Å²) in [6.45, 7) is 1.27. The number of carbonyl (C=O) groups excluding carboxylic acids is 5. The molecule has 0 fully saturated rings. The van der Waals surface area contributed by atoms with Crippen molar-refractivity contribution in [1.29, 1.82) is 0 Å². The van der Waals surface area contributed by atoms with Gasteiger partial charge in [0, 0.05) is 18.2 Å². The molecule has 0 saturated heterocycles. The van der Waals surface area contributed by atoms with Gasteiger partial charge in [0.05, 0.1) is 22.4 Å². The van der Waals surface area contributed by atoms with Crippen LogP contribution in [0.3, 0.4) is 0 Å². The third kappa shape index (κ3) is 4.40. The molecule has 0 bridgehead atoms. The van der Waals surface area contributed by atoms with Crippen molar-refractivity contribution in [2.75, 3.05) is 10.2 Å². The van der Waals surface area contributed by atoms with E-state index < -0.39 is 23.7 Å². The predicted octanol–water partition coefficient (Wildman–Crippen LogP) is 2.90. The van der Waals surface area contributed by atoms with Gasteiger partial charge < -0.3 is 15.8 Å². The maximum Gasteiger partial charge on any atom is 0.338 e. The van der Waals surface area contributed by atoms with Gasteiger partial charge in [-0.3, -0.25) is 19.2 Å². The molecule has 0 unspecified atom stereocenters. The lowest BCUT2D eigenvalue weighted by Crippen LogP contribution is -2.29. The highest BCUT2D eigenvalue weighted by molar-refractivity contribution is 6.34. The zero-order valence-corrected chi connectivity index (χ0v) is 18.0. The predicted molar refractivity (Wildman–Crippen MR) is 122 cm³/mol. The number of primary amides is 1. The molecule has 170 valence electrons. The molecule has 4 rings (SSSR count). The van der Waals surface area contributed by atoms with Crippen molar-refractivity contribution in [3.05, 3.63) is 94.5 Å². The monoisotopic (exact) mass is 457 g/mol. The Bertz CT molecular complexity index is 1350. The average Bonchev–Trinajstić information content (AvgIpc) is 3.07. The molecular formula is C25H19N3O6. The largest absolute Gasteiger partial charge is 0.457 e. The van der Waals surface area contributed by atoms with Crippen LogP contribution in [-0.4, -0.2) is 29.6 Å². The number of rotatable bonds is 6. The third-order valence-electron chi connectivity index (χ3n) is 5.15. The van der Waals surface area contributed by atoms with Crippen LogP contribution in [0.1, 0.15) is 53.9 Å². The number of nitrogens with one attached hydrogen (secondary N) is 1. The van der Waals surface area contributed by atoms with Gasteiger partial charge in [-0.15, -0.1) is 0 Å². The van der Waals surface area contributed by atoms with E-state index in [-0.39, 0.29) is 29.2 Å². The molecule has 0 spiro atoms. The Hall–Kier alpha value is -4.79. The van der Waals surface area contributed by atoms with Crippen molar-refractivity contribution in [3.63, 3.8) is 0 Å². The molecule has 1 aliphatic heterocycles. The summed E-state index contributed by atoms with van der Waals surface area (Å²) in [6, 6.07) is 16.8. The van der Waals surface area contributed by atoms with Gasteiger partial charge in [0.1, 0.15) is 6.61 Å². The zero-order valence-electron chi connectivity index (χ0n) is 18.0. The number of nitrogens with two attached hydrogens (primary N) is 1. The van der Waals surface area contributed by atoms with E-state index in [2.05, 4.69) is 5.32 Å². The molecule has 1 heterocycles. The number of hydrogen-bond donors (Lipinski definition) is 2. The molecule has 9 nitrogen and oxygen atoms in total. The second-order valence-electron chi connectivity index (χ2n) is 7.57. The zero-order chi connectivity index (χ0) is 24.4. The summed E-state index contributed by atoms with van der Waals surface area (Å²) in [5, 5.41) is 2.61. The molecule has 9 heteroatoms. The molecule has 34 heavy (non-hydrogen) atoms. The molecule has 4 amide bonds. The van der Waals surface area contributed by atoms with E-state index in [1.54, 1.807) is 42.5 Å². The van der Waals surface area contributed by atoms with Crippen molar-refractivity contribution in [3.8, 4) is 0 Å². The van der Waals surface area contributed by atoms with Gasteiger partial charge in [-0.2, -0.15) is 0 Å². The summed E-state index contributed by atoms with van der Waals surface area (Å²) >= 11 is 0. The fraction of sp³-hybridized carbons (Fsp3) is 0.0800. The maximum absolute atomic E-state index is 13.0. The molecule has 0 atom stereocenters. The Balaban J connectivity index is 1.50. The first-order valence-electron chi connectivity index (χ1n) is 10.2. The normalized spacial score (nSPS) is 12.3. The third-order valence-corrected chi connectivity index (χ3v) is 5.15. The van der Waals surface area contributed by atoms with E-state index in [4.69, 9.17) is 10.5 Å². The van der Waals surface area contributed by atoms with Crippen molar-refractivity contribution in [2.24, 2.45) is 5.73 Å². The number of anilines is 2. The molecule has 3 aromatic rings. The van der Waals surface area contributed by atoms with E-state index in [0.717, 1.165) is 4.90 Å². The molecule has 0 radical (unpaired) electrons. The van der Waals surface area contributed by atoms with Crippen LogP contribution in [-0.2, 0) is 16.1 Å². The van der Waals surface area contributed by atoms with Gasteiger partial charge in [0.25, 0.3) is 11.8 Å². The highest BCUT2D eigenvalue weighted by Gasteiger charge is 2.37. The fourth-order valence-electron chi connectivity index (χ4n) is 3.55. The lowest BCUT2D eigenvalue weighted by atomic mass is 10.1. The summed E-state index contributed by atoms with van der Waals surface area (Å²) in [5.41, 5.74) is 7.34. The number of imide groups is 1. The number of esters is 1. The van der Waals surface area contributed by atoms with Gasteiger partial charge in [-0.1, -0.05) is 12.1 Å². The summed E-state index contributed by atoms with van der Waals surface area (Å²) < 4.78 is 5.29. The van der Waals surface area contributed by atoms with E-state index in [9.17, 15) is 24.0 Å². The van der Waals surface area contributed by atoms with Crippen LogP contribution in [0, 0.1) is 0 Å². The number of fused-ring (bicyclic) bond motifs is 1. The Kier molecular flexibility index (Phi) is 5.92.